The van der Waals surface area contributed by atoms with Gasteiger partial charge in [0.15, 0.2) is 0 Å². The maximum absolute atomic E-state index is 5.82. The maximum Gasteiger partial charge on any atom is 0.129 e. The number of benzene rings is 1. The number of nitrogens with one attached hydrogen (secondary N) is 1. The summed E-state index contributed by atoms with van der Waals surface area (Å²) in [5, 5.41) is 9.52. The van der Waals surface area contributed by atoms with Gasteiger partial charge < -0.3 is 10.5 Å². The normalized spacial score (nSPS) is 10.7. The van der Waals surface area contributed by atoms with Crippen molar-refractivity contribution >= 4 is 17.2 Å². The molecule has 0 aliphatic heterocycles. The molecule has 3 N–H and O–H groups in total. The molecule has 6 heteroatoms. The monoisotopic (exact) mass is 300 g/mol. The van der Waals surface area contributed by atoms with Gasteiger partial charge in [0.25, 0.3) is 0 Å². The average molecular weight is 300 g/mol. The summed E-state index contributed by atoms with van der Waals surface area (Å²) < 4.78 is 5.58. The molecule has 108 valence electrons. The first-order valence-corrected chi connectivity index (χ1v) is 7.64. The van der Waals surface area contributed by atoms with Crippen LogP contribution in [0.5, 0.6) is 5.75 Å². The molecular weight excluding hydrogens is 284 g/mol. The predicted octanol–water partition coefficient (Wildman–Crippen LogP) is 3.57. The summed E-state index contributed by atoms with van der Waals surface area (Å²) in [5.74, 6) is 1.43. The van der Waals surface area contributed by atoms with Crippen LogP contribution in [0.2, 0.25) is 0 Å². The van der Waals surface area contributed by atoms with E-state index in [0.717, 1.165) is 40.6 Å². The van der Waals surface area contributed by atoms with E-state index in [-0.39, 0.29) is 0 Å². The number of nitrogen functional groups attached to an aromatic ring is 1. The Labute approximate surface area is 126 Å². The van der Waals surface area contributed by atoms with Crippen molar-refractivity contribution in [3.8, 4) is 27.6 Å². The molecular formula is C15H16N4OS. The molecule has 3 aromatic rings. The number of H-pyrrole nitrogens is 1. The Balaban J connectivity index is 1.81. The number of anilines is 1. The van der Waals surface area contributed by atoms with Crippen LogP contribution in [-0.4, -0.2) is 21.8 Å². The van der Waals surface area contributed by atoms with E-state index < -0.39 is 0 Å². The summed E-state index contributed by atoms with van der Waals surface area (Å²) in [7, 11) is 0. The lowest BCUT2D eigenvalue weighted by molar-refractivity contribution is 0.317. The second kappa shape index (κ2) is 5.97. The zero-order valence-corrected chi connectivity index (χ0v) is 12.5. The average Bonchev–Trinajstić information content (AvgIpc) is 3.14. The lowest BCUT2D eigenvalue weighted by Crippen LogP contribution is -1.94. The van der Waals surface area contributed by atoms with Gasteiger partial charge in [-0.1, -0.05) is 6.92 Å². The molecule has 2 aromatic heterocycles. The number of nitrogens with two attached hydrogens (primary N) is 1. The van der Waals surface area contributed by atoms with E-state index in [1.165, 1.54) is 0 Å². The highest BCUT2D eigenvalue weighted by atomic mass is 32.1. The third-order valence-corrected chi connectivity index (χ3v) is 3.90. The van der Waals surface area contributed by atoms with E-state index in [9.17, 15) is 0 Å². The molecule has 0 bridgehead atoms. The quantitative estimate of drug-likeness (QED) is 0.755. The van der Waals surface area contributed by atoms with Gasteiger partial charge in [-0.05, 0) is 30.7 Å². The lowest BCUT2D eigenvalue weighted by atomic mass is 10.2. The Hall–Kier alpha value is -2.34. The van der Waals surface area contributed by atoms with Gasteiger partial charge >= 0.3 is 0 Å². The van der Waals surface area contributed by atoms with Crippen molar-refractivity contribution in [1.82, 2.24) is 15.2 Å². The van der Waals surface area contributed by atoms with Crippen LogP contribution in [0.15, 0.2) is 35.8 Å². The molecule has 0 amide bonds. The maximum atomic E-state index is 5.82. The minimum absolute atomic E-state index is 0.541. The Morgan fingerprint density at radius 1 is 1.29 bits per heavy atom. The molecule has 0 saturated carbocycles. The fourth-order valence-electron chi connectivity index (χ4n) is 1.94. The van der Waals surface area contributed by atoms with Crippen molar-refractivity contribution in [3.05, 3.63) is 35.8 Å². The van der Waals surface area contributed by atoms with Crippen molar-refractivity contribution in [2.24, 2.45) is 0 Å². The van der Waals surface area contributed by atoms with Crippen LogP contribution in [0.25, 0.3) is 21.8 Å². The molecule has 21 heavy (non-hydrogen) atoms. The summed E-state index contributed by atoms with van der Waals surface area (Å²) in [4.78, 5) is 4.61. The van der Waals surface area contributed by atoms with Gasteiger partial charge in [0.2, 0.25) is 0 Å². The molecule has 0 atom stereocenters. The highest BCUT2D eigenvalue weighted by Gasteiger charge is 2.10. The Morgan fingerprint density at radius 2 is 2.10 bits per heavy atom. The minimum atomic E-state index is 0.541. The lowest BCUT2D eigenvalue weighted by Gasteiger charge is -2.04. The number of ether oxygens (including phenoxy) is 1. The Morgan fingerprint density at radius 3 is 2.76 bits per heavy atom. The third-order valence-electron chi connectivity index (χ3n) is 3.03. The van der Waals surface area contributed by atoms with Crippen LogP contribution in [0, 0.1) is 0 Å². The van der Waals surface area contributed by atoms with E-state index in [4.69, 9.17) is 10.5 Å². The second-order valence-corrected chi connectivity index (χ2v) is 5.47. The Kier molecular flexibility index (Phi) is 3.87. The van der Waals surface area contributed by atoms with E-state index in [0.29, 0.717) is 5.82 Å². The molecule has 0 aliphatic carbocycles. The van der Waals surface area contributed by atoms with Crippen molar-refractivity contribution in [2.45, 2.75) is 13.3 Å². The number of aromatic nitrogens is 3. The van der Waals surface area contributed by atoms with Gasteiger partial charge in [0.05, 0.1) is 24.1 Å². The summed E-state index contributed by atoms with van der Waals surface area (Å²) >= 11 is 1.55. The van der Waals surface area contributed by atoms with Crippen molar-refractivity contribution in [1.29, 1.82) is 0 Å². The molecule has 0 radical (unpaired) electrons. The van der Waals surface area contributed by atoms with E-state index in [1.54, 1.807) is 17.5 Å². The number of aromatic amines is 1. The largest absolute Gasteiger partial charge is 0.494 e. The minimum Gasteiger partial charge on any atom is -0.494 e. The number of rotatable bonds is 5. The van der Waals surface area contributed by atoms with Crippen LogP contribution >= 0.6 is 11.3 Å². The van der Waals surface area contributed by atoms with Crippen molar-refractivity contribution in [2.75, 3.05) is 12.3 Å². The smallest absolute Gasteiger partial charge is 0.129 e. The molecule has 0 saturated heterocycles. The number of hydrogen-bond donors (Lipinski definition) is 2. The topological polar surface area (TPSA) is 76.8 Å². The fraction of sp³-hybridized carbons (Fsp3) is 0.200. The molecule has 1 aromatic carbocycles. The molecule has 0 fully saturated rings. The zero-order chi connectivity index (χ0) is 14.7. The van der Waals surface area contributed by atoms with Gasteiger partial charge in [-0.25, -0.2) is 4.98 Å². The summed E-state index contributed by atoms with van der Waals surface area (Å²) in [6.45, 7) is 2.83. The van der Waals surface area contributed by atoms with Crippen molar-refractivity contribution in [3.63, 3.8) is 0 Å². The first-order chi connectivity index (χ1) is 10.3. The molecule has 0 unspecified atom stereocenters. The summed E-state index contributed by atoms with van der Waals surface area (Å²) in [6, 6.07) is 7.97. The molecule has 5 nitrogen and oxygen atoms in total. The van der Waals surface area contributed by atoms with Gasteiger partial charge in [-0.2, -0.15) is 5.10 Å². The Bertz CT molecular complexity index is 717. The number of thiazole rings is 1. The van der Waals surface area contributed by atoms with Gasteiger partial charge in [0, 0.05) is 10.9 Å². The van der Waals surface area contributed by atoms with Gasteiger partial charge in [-0.3, -0.25) is 5.10 Å². The van der Waals surface area contributed by atoms with Gasteiger partial charge in [0.1, 0.15) is 16.6 Å². The number of nitrogens with zero attached hydrogens (tertiary/aromatic N) is 2. The highest BCUT2D eigenvalue weighted by molar-refractivity contribution is 7.13. The van der Waals surface area contributed by atoms with Crippen LogP contribution in [-0.2, 0) is 0 Å². The number of hydrogen-bond acceptors (Lipinski definition) is 5. The van der Waals surface area contributed by atoms with E-state index in [2.05, 4.69) is 22.1 Å². The molecule has 3 rings (SSSR count). The zero-order valence-electron chi connectivity index (χ0n) is 11.7. The SMILES string of the molecule is CCCOc1ccc(-c2csc(-c3cn[nH]c3N)n2)cc1. The third kappa shape index (κ3) is 2.90. The summed E-state index contributed by atoms with van der Waals surface area (Å²) in [5.41, 5.74) is 8.65. The molecule has 0 aliphatic rings. The first-order valence-electron chi connectivity index (χ1n) is 6.76. The predicted molar refractivity (Wildman–Crippen MR) is 85.3 cm³/mol. The van der Waals surface area contributed by atoms with Crippen LogP contribution < -0.4 is 10.5 Å². The highest BCUT2D eigenvalue weighted by Crippen LogP contribution is 2.31. The second-order valence-electron chi connectivity index (χ2n) is 4.61. The van der Waals surface area contributed by atoms with E-state index >= 15 is 0 Å². The summed E-state index contributed by atoms with van der Waals surface area (Å²) in [6.07, 6.45) is 2.70. The van der Waals surface area contributed by atoms with Crippen LogP contribution in [0.3, 0.4) is 0 Å². The van der Waals surface area contributed by atoms with Crippen molar-refractivity contribution < 1.29 is 4.74 Å². The van der Waals surface area contributed by atoms with E-state index in [1.807, 2.05) is 29.6 Å². The first kappa shape index (κ1) is 13.6. The van der Waals surface area contributed by atoms with Crippen LogP contribution in [0.1, 0.15) is 13.3 Å². The molecule has 2 heterocycles. The van der Waals surface area contributed by atoms with Crippen LogP contribution in [0.4, 0.5) is 5.82 Å². The fourth-order valence-corrected chi connectivity index (χ4v) is 2.79. The molecule has 0 spiro atoms. The van der Waals surface area contributed by atoms with Gasteiger partial charge in [-0.15, -0.1) is 11.3 Å². The standard InChI is InChI=1S/C15H16N4OS/c1-2-7-20-11-5-3-10(4-6-11)13-9-21-15(18-13)12-8-17-19-14(12)16/h3-6,8-9H,2,7H2,1H3,(H3,16,17,19).